The number of hydrogen-bond acceptors (Lipinski definition) is 5. The van der Waals surface area contributed by atoms with Gasteiger partial charge in [-0.2, -0.15) is 0 Å². The van der Waals surface area contributed by atoms with Crippen LogP contribution in [-0.2, 0) is 9.47 Å². The molecular formula is C13H16O5. The largest absolute Gasteiger partial charge is 0.453 e. The van der Waals surface area contributed by atoms with Crippen molar-refractivity contribution in [1.29, 1.82) is 0 Å². The zero-order valence-corrected chi connectivity index (χ0v) is 10.0. The van der Waals surface area contributed by atoms with Crippen LogP contribution >= 0.6 is 0 Å². The fourth-order valence-electron chi connectivity index (χ4n) is 1.97. The van der Waals surface area contributed by atoms with Crippen LogP contribution < -0.4 is 0 Å². The molecule has 0 aliphatic carbocycles. The third-order valence-corrected chi connectivity index (χ3v) is 2.91. The Labute approximate surface area is 105 Å². The van der Waals surface area contributed by atoms with Gasteiger partial charge in [-0.3, -0.25) is 0 Å². The van der Waals surface area contributed by atoms with Crippen LogP contribution in [0.2, 0.25) is 0 Å². The summed E-state index contributed by atoms with van der Waals surface area (Å²) in [6.07, 6.45) is -3.20. The third kappa shape index (κ3) is 2.87. The van der Waals surface area contributed by atoms with Crippen molar-refractivity contribution in [3.63, 3.8) is 0 Å². The van der Waals surface area contributed by atoms with Crippen molar-refractivity contribution in [3.05, 3.63) is 35.9 Å². The Morgan fingerprint density at radius 2 is 2.00 bits per heavy atom. The number of aliphatic hydroxyl groups excluding tert-OH is 2. The molecule has 1 fully saturated rings. The van der Waals surface area contributed by atoms with Gasteiger partial charge in [0, 0.05) is 6.42 Å². The molecule has 1 aliphatic rings. The van der Waals surface area contributed by atoms with Crippen LogP contribution in [-0.4, -0.2) is 40.8 Å². The number of esters is 1. The normalized spacial score (nSPS) is 31.9. The van der Waals surface area contributed by atoms with Crippen molar-refractivity contribution in [2.24, 2.45) is 0 Å². The molecule has 0 bridgehead atoms. The van der Waals surface area contributed by atoms with E-state index in [0.29, 0.717) is 5.56 Å². The van der Waals surface area contributed by atoms with Gasteiger partial charge in [0.15, 0.2) is 12.4 Å². The summed E-state index contributed by atoms with van der Waals surface area (Å²) in [6.45, 7) is 1.65. The highest BCUT2D eigenvalue weighted by atomic mass is 16.6. The minimum absolute atomic E-state index is 0.0388. The molecule has 1 aliphatic heterocycles. The Kier molecular flexibility index (Phi) is 3.96. The molecule has 98 valence electrons. The molecule has 1 aromatic carbocycles. The van der Waals surface area contributed by atoms with Crippen LogP contribution in [0.5, 0.6) is 0 Å². The maximum Gasteiger partial charge on any atom is 0.338 e. The second kappa shape index (κ2) is 5.48. The third-order valence-electron chi connectivity index (χ3n) is 2.91. The maximum absolute atomic E-state index is 11.8. The molecule has 0 amide bonds. The molecule has 5 heteroatoms. The molecule has 18 heavy (non-hydrogen) atoms. The Morgan fingerprint density at radius 3 is 2.61 bits per heavy atom. The minimum Gasteiger partial charge on any atom is -0.453 e. The molecule has 2 N–H and O–H groups in total. The summed E-state index contributed by atoms with van der Waals surface area (Å²) in [5, 5.41) is 19.1. The second-order valence-corrected chi connectivity index (χ2v) is 4.33. The first-order valence-electron chi connectivity index (χ1n) is 5.85. The van der Waals surface area contributed by atoms with E-state index in [4.69, 9.17) is 9.47 Å². The predicted octanol–water partition coefficient (Wildman–Crippen LogP) is 0.700. The number of aliphatic hydroxyl groups is 2. The fourth-order valence-corrected chi connectivity index (χ4v) is 1.97. The van der Waals surface area contributed by atoms with Crippen molar-refractivity contribution < 1.29 is 24.5 Å². The van der Waals surface area contributed by atoms with Gasteiger partial charge in [-0.15, -0.1) is 0 Å². The average Bonchev–Trinajstić information content (AvgIpc) is 2.34. The van der Waals surface area contributed by atoms with Crippen molar-refractivity contribution in [2.45, 2.75) is 37.9 Å². The number of carbonyl (C=O) groups excluding carboxylic acids is 1. The van der Waals surface area contributed by atoms with Crippen LogP contribution in [0.15, 0.2) is 30.3 Å². The molecule has 0 radical (unpaired) electrons. The summed E-state index contributed by atoms with van der Waals surface area (Å²) in [5.74, 6) is -0.508. The summed E-state index contributed by atoms with van der Waals surface area (Å²) in [5.41, 5.74) is 0.419. The van der Waals surface area contributed by atoms with E-state index in [0.717, 1.165) is 0 Å². The van der Waals surface area contributed by atoms with E-state index in [1.54, 1.807) is 37.3 Å². The molecule has 4 unspecified atom stereocenters. The van der Waals surface area contributed by atoms with Gasteiger partial charge in [0.25, 0.3) is 0 Å². The first-order chi connectivity index (χ1) is 8.58. The van der Waals surface area contributed by atoms with Gasteiger partial charge in [0.05, 0.1) is 17.8 Å². The molecule has 1 saturated heterocycles. The highest BCUT2D eigenvalue weighted by molar-refractivity contribution is 5.89. The molecule has 0 spiro atoms. The lowest BCUT2D eigenvalue weighted by Gasteiger charge is -2.35. The summed E-state index contributed by atoms with van der Waals surface area (Å²) in [7, 11) is 0. The van der Waals surface area contributed by atoms with E-state index in [-0.39, 0.29) is 6.42 Å². The van der Waals surface area contributed by atoms with E-state index >= 15 is 0 Å². The van der Waals surface area contributed by atoms with Gasteiger partial charge in [-0.1, -0.05) is 18.2 Å². The highest BCUT2D eigenvalue weighted by Gasteiger charge is 2.37. The van der Waals surface area contributed by atoms with Gasteiger partial charge in [-0.05, 0) is 19.1 Å². The summed E-state index contributed by atoms with van der Waals surface area (Å²) in [6, 6.07) is 8.54. The molecular weight excluding hydrogens is 236 g/mol. The Balaban J connectivity index is 2.03. The average molecular weight is 252 g/mol. The Morgan fingerprint density at radius 1 is 1.33 bits per heavy atom. The molecule has 4 atom stereocenters. The van der Waals surface area contributed by atoms with Crippen LogP contribution in [0.1, 0.15) is 23.7 Å². The molecule has 1 heterocycles. The molecule has 0 saturated carbocycles. The Hall–Kier alpha value is -1.43. The number of ether oxygens (including phenoxy) is 2. The van der Waals surface area contributed by atoms with E-state index in [1.807, 2.05) is 0 Å². The van der Waals surface area contributed by atoms with Crippen LogP contribution in [0.4, 0.5) is 0 Å². The molecule has 2 rings (SSSR count). The first kappa shape index (κ1) is 13.0. The number of rotatable bonds is 2. The van der Waals surface area contributed by atoms with Gasteiger partial charge in [0.1, 0.15) is 0 Å². The smallest absolute Gasteiger partial charge is 0.338 e. The first-order valence-corrected chi connectivity index (χ1v) is 5.85. The monoisotopic (exact) mass is 252 g/mol. The summed E-state index contributed by atoms with van der Waals surface area (Å²) in [4.78, 5) is 11.8. The molecule has 5 nitrogen and oxygen atoms in total. The lowest BCUT2D eigenvalue weighted by molar-refractivity contribution is -0.226. The van der Waals surface area contributed by atoms with Crippen molar-refractivity contribution in [2.75, 3.05) is 0 Å². The van der Waals surface area contributed by atoms with Gasteiger partial charge in [-0.25, -0.2) is 4.79 Å². The second-order valence-electron chi connectivity index (χ2n) is 4.33. The zero-order valence-electron chi connectivity index (χ0n) is 10.0. The van der Waals surface area contributed by atoms with Gasteiger partial charge >= 0.3 is 5.97 Å². The van der Waals surface area contributed by atoms with Gasteiger partial charge in [0.2, 0.25) is 0 Å². The molecule has 1 aromatic rings. The van der Waals surface area contributed by atoms with Gasteiger partial charge < -0.3 is 19.7 Å². The van der Waals surface area contributed by atoms with E-state index in [2.05, 4.69) is 0 Å². The Bertz CT molecular complexity index is 393. The van der Waals surface area contributed by atoms with Crippen molar-refractivity contribution in [3.8, 4) is 0 Å². The topological polar surface area (TPSA) is 76.0 Å². The van der Waals surface area contributed by atoms with Crippen LogP contribution in [0, 0.1) is 0 Å². The predicted molar refractivity (Wildman–Crippen MR) is 62.8 cm³/mol. The number of carbonyl (C=O) groups is 1. The maximum atomic E-state index is 11.8. The fraction of sp³-hybridized carbons (Fsp3) is 0.462. The highest BCUT2D eigenvalue weighted by Crippen LogP contribution is 2.22. The molecule has 0 aromatic heterocycles. The van der Waals surface area contributed by atoms with Crippen LogP contribution in [0.25, 0.3) is 0 Å². The van der Waals surface area contributed by atoms with E-state index in [1.165, 1.54) is 0 Å². The van der Waals surface area contributed by atoms with Crippen molar-refractivity contribution >= 4 is 5.97 Å². The van der Waals surface area contributed by atoms with Crippen molar-refractivity contribution in [1.82, 2.24) is 0 Å². The number of benzene rings is 1. The standard InChI is InChI=1S/C13H16O5/c1-8-12(10(14)7-11(15)17-8)18-13(16)9-5-3-2-4-6-9/h2-6,8,10-12,14-15H,7H2,1H3. The quantitative estimate of drug-likeness (QED) is 0.758. The van der Waals surface area contributed by atoms with E-state index < -0.39 is 30.6 Å². The summed E-state index contributed by atoms with van der Waals surface area (Å²) < 4.78 is 10.3. The zero-order chi connectivity index (χ0) is 13.1. The summed E-state index contributed by atoms with van der Waals surface area (Å²) >= 11 is 0. The lowest BCUT2D eigenvalue weighted by atomic mass is 10.0. The lowest BCUT2D eigenvalue weighted by Crippen LogP contribution is -2.49. The van der Waals surface area contributed by atoms with Crippen LogP contribution in [0.3, 0.4) is 0 Å². The van der Waals surface area contributed by atoms with E-state index in [9.17, 15) is 15.0 Å². The minimum atomic E-state index is -1.01. The SMILES string of the molecule is CC1OC(O)CC(O)C1OC(=O)c1ccccc1. The number of hydrogen-bond donors (Lipinski definition) is 2.